The second-order valence-electron chi connectivity index (χ2n) is 7.49. The molecule has 6 nitrogen and oxygen atoms in total. The molecule has 0 amide bonds. The number of likely N-dealkylation sites (tertiary alicyclic amines) is 1. The zero-order valence-electron chi connectivity index (χ0n) is 17.4. The maximum Gasteiger partial charge on any atom is 0.194 e. The van der Waals surface area contributed by atoms with Gasteiger partial charge in [0.25, 0.3) is 0 Å². The van der Waals surface area contributed by atoms with Crippen LogP contribution in [0.4, 0.5) is 0 Å². The fraction of sp³-hybridized carbons (Fsp3) is 0.682. The highest BCUT2D eigenvalue weighted by molar-refractivity contribution is 5.80. The summed E-state index contributed by atoms with van der Waals surface area (Å²) in [4.78, 5) is 7.19. The first-order chi connectivity index (χ1) is 13.8. The van der Waals surface area contributed by atoms with Gasteiger partial charge in [0, 0.05) is 31.8 Å². The minimum atomic E-state index is 0.298. The van der Waals surface area contributed by atoms with E-state index < -0.39 is 0 Å². The van der Waals surface area contributed by atoms with Gasteiger partial charge in [-0.1, -0.05) is 18.2 Å². The van der Waals surface area contributed by atoms with Gasteiger partial charge >= 0.3 is 0 Å². The average Bonchev–Trinajstić information content (AvgIpc) is 2.76. The highest BCUT2D eigenvalue weighted by Crippen LogP contribution is 2.20. The molecule has 2 fully saturated rings. The topological polar surface area (TPSA) is 55.3 Å². The average molecular weight is 390 g/mol. The Morgan fingerprint density at radius 3 is 2.75 bits per heavy atom. The van der Waals surface area contributed by atoms with E-state index >= 15 is 0 Å². The molecule has 1 aromatic rings. The number of nitrogens with one attached hydrogen (secondary N) is 1. The highest BCUT2D eigenvalue weighted by atomic mass is 16.5. The molecule has 0 aliphatic carbocycles. The Hall–Kier alpha value is -1.79. The molecular weight excluding hydrogens is 354 g/mol. The van der Waals surface area contributed by atoms with E-state index in [0.29, 0.717) is 18.8 Å². The molecule has 1 atom stereocenters. The Morgan fingerprint density at radius 2 is 2.04 bits per heavy atom. The van der Waals surface area contributed by atoms with Crippen LogP contribution in [-0.2, 0) is 16.0 Å². The quantitative estimate of drug-likeness (QED) is 0.573. The SMILES string of the molecule is CCNC(=NCc1ccccc1OC)N1CCC(OCC2CCCCO2)CC1. The van der Waals surface area contributed by atoms with Gasteiger partial charge in [-0.25, -0.2) is 4.99 Å². The molecule has 0 bridgehead atoms. The Morgan fingerprint density at radius 1 is 1.21 bits per heavy atom. The second-order valence-corrected chi connectivity index (χ2v) is 7.49. The Bertz CT molecular complexity index is 609. The molecular formula is C22H35N3O3. The molecule has 2 saturated heterocycles. The lowest BCUT2D eigenvalue weighted by molar-refractivity contribution is -0.0721. The fourth-order valence-corrected chi connectivity index (χ4v) is 3.84. The van der Waals surface area contributed by atoms with E-state index in [1.165, 1.54) is 12.8 Å². The lowest BCUT2D eigenvalue weighted by atomic mass is 10.1. The Kier molecular flexibility index (Phi) is 8.42. The number of guanidine groups is 1. The number of benzene rings is 1. The van der Waals surface area contributed by atoms with Crippen molar-refractivity contribution < 1.29 is 14.2 Å². The molecule has 28 heavy (non-hydrogen) atoms. The van der Waals surface area contributed by atoms with Crippen LogP contribution in [0, 0.1) is 0 Å². The molecule has 3 rings (SSSR count). The summed E-state index contributed by atoms with van der Waals surface area (Å²) in [6.07, 6.45) is 6.29. The third kappa shape index (κ3) is 6.11. The maximum atomic E-state index is 6.14. The number of hydrogen-bond donors (Lipinski definition) is 1. The molecule has 6 heteroatoms. The van der Waals surface area contributed by atoms with Crippen LogP contribution in [-0.4, -0.2) is 63.0 Å². The van der Waals surface area contributed by atoms with Crippen molar-refractivity contribution >= 4 is 5.96 Å². The number of hydrogen-bond acceptors (Lipinski definition) is 4. The minimum Gasteiger partial charge on any atom is -0.496 e. The van der Waals surface area contributed by atoms with Gasteiger partial charge in [0.2, 0.25) is 0 Å². The largest absolute Gasteiger partial charge is 0.496 e. The molecule has 156 valence electrons. The van der Waals surface area contributed by atoms with E-state index in [9.17, 15) is 0 Å². The first-order valence-corrected chi connectivity index (χ1v) is 10.7. The van der Waals surface area contributed by atoms with Gasteiger partial charge in [0.15, 0.2) is 5.96 Å². The standard InChI is InChI=1S/C22H35N3O3/c1-3-23-22(24-16-18-8-4-5-10-21(18)26-2)25-13-11-19(12-14-25)28-17-20-9-6-7-15-27-20/h4-5,8,10,19-20H,3,6-7,9,11-17H2,1-2H3,(H,23,24). The molecule has 0 saturated carbocycles. The van der Waals surface area contributed by atoms with E-state index in [-0.39, 0.29) is 0 Å². The molecule has 1 aromatic carbocycles. The van der Waals surface area contributed by atoms with Gasteiger partial charge in [0.1, 0.15) is 5.75 Å². The van der Waals surface area contributed by atoms with Crippen LogP contribution in [0.1, 0.15) is 44.6 Å². The van der Waals surface area contributed by atoms with E-state index in [1.807, 2.05) is 18.2 Å². The third-order valence-electron chi connectivity index (χ3n) is 5.46. The molecule has 0 spiro atoms. The van der Waals surface area contributed by atoms with Gasteiger partial charge in [0.05, 0.1) is 32.5 Å². The smallest absolute Gasteiger partial charge is 0.194 e. The van der Waals surface area contributed by atoms with Crippen molar-refractivity contribution in [1.29, 1.82) is 0 Å². The summed E-state index contributed by atoms with van der Waals surface area (Å²) in [5.41, 5.74) is 1.10. The molecule has 0 radical (unpaired) electrons. The van der Waals surface area contributed by atoms with Crippen molar-refractivity contribution in [2.24, 2.45) is 4.99 Å². The number of nitrogens with zero attached hydrogens (tertiary/aromatic N) is 2. The van der Waals surface area contributed by atoms with E-state index in [2.05, 4.69) is 23.2 Å². The van der Waals surface area contributed by atoms with Crippen LogP contribution >= 0.6 is 0 Å². The van der Waals surface area contributed by atoms with Crippen LogP contribution in [0.25, 0.3) is 0 Å². The first-order valence-electron chi connectivity index (χ1n) is 10.7. The van der Waals surface area contributed by atoms with Crippen molar-refractivity contribution in [2.45, 2.75) is 57.8 Å². The molecule has 2 aliphatic heterocycles. The third-order valence-corrected chi connectivity index (χ3v) is 5.46. The lowest BCUT2D eigenvalue weighted by Crippen LogP contribution is -2.47. The number of piperidine rings is 1. The van der Waals surface area contributed by atoms with Crippen LogP contribution in [0.5, 0.6) is 5.75 Å². The number of para-hydroxylation sites is 1. The highest BCUT2D eigenvalue weighted by Gasteiger charge is 2.23. The molecule has 2 aliphatic rings. The number of rotatable bonds is 7. The summed E-state index contributed by atoms with van der Waals surface area (Å²) in [6, 6.07) is 8.06. The van der Waals surface area contributed by atoms with Gasteiger partial charge in [-0.2, -0.15) is 0 Å². The van der Waals surface area contributed by atoms with Gasteiger partial charge < -0.3 is 24.4 Å². The Labute approximate surface area is 169 Å². The normalized spacial score (nSPS) is 21.6. The summed E-state index contributed by atoms with van der Waals surface area (Å²) in [6.45, 7) is 7.15. The summed E-state index contributed by atoms with van der Waals surface area (Å²) >= 11 is 0. The summed E-state index contributed by atoms with van der Waals surface area (Å²) < 4.78 is 17.4. The van der Waals surface area contributed by atoms with Gasteiger partial charge in [-0.15, -0.1) is 0 Å². The Balaban J connectivity index is 1.49. The minimum absolute atomic E-state index is 0.298. The predicted molar refractivity (Wildman–Crippen MR) is 112 cm³/mol. The van der Waals surface area contributed by atoms with Crippen LogP contribution in [0.2, 0.25) is 0 Å². The fourth-order valence-electron chi connectivity index (χ4n) is 3.84. The monoisotopic (exact) mass is 389 g/mol. The van der Waals surface area contributed by atoms with Crippen LogP contribution in [0.15, 0.2) is 29.3 Å². The zero-order valence-corrected chi connectivity index (χ0v) is 17.4. The van der Waals surface area contributed by atoms with E-state index in [4.69, 9.17) is 19.2 Å². The van der Waals surface area contributed by atoms with Crippen molar-refractivity contribution in [3.63, 3.8) is 0 Å². The van der Waals surface area contributed by atoms with Crippen molar-refractivity contribution in [1.82, 2.24) is 10.2 Å². The zero-order chi connectivity index (χ0) is 19.6. The predicted octanol–water partition coefficient (Wildman–Crippen LogP) is 3.21. The van der Waals surface area contributed by atoms with Crippen molar-refractivity contribution in [3.05, 3.63) is 29.8 Å². The van der Waals surface area contributed by atoms with Gasteiger partial charge in [-0.3, -0.25) is 0 Å². The first kappa shape index (κ1) is 20.9. The maximum absolute atomic E-state index is 6.14. The summed E-state index contributed by atoms with van der Waals surface area (Å²) in [7, 11) is 1.71. The summed E-state index contributed by atoms with van der Waals surface area (Å²) in [5.74, 6) is 1.86. The van der Waals surface area contributed by atoms with Crippen molar-refractivity contribution in [2.75, 3.05) is 40.0 Å². The summed E-state index contributed by atoms with van der Waals surface area (Å²) in [5, 5.41) is 3.43. The molecule has 1 unspecified atom stereocenters. The lowest BCUT2D eigenvalue weighted by Gasteiger charge is -2.35. The van der Waals surface area contributed by atoms with Gasteiger partial charge in [-0.05, 0) is 45.1 Å². The number of methoxy groups -OCH3 is 1. The number of aliphatic imine (C=N–C) groups is 1. The number of ether oxygens (including phenoxy) is 3. The molecule has 0 aromatic heterocycles. The van der Waals surface area contributed by atoms with E-state index in [1.54, 1.807) is 7.11 Å². The van der Waals surface area contributed by atoms with Crippen molar-refractivity contribution in [3.8, 4) is 5.75 Å². The van der Waals surface area contributed by atoms with Crippen LogP contribution in [0.3, 0.4) is 0 Å². The van der Waals surface area contributed by atoms with Crippen LogP contribution < -0.4 is 10.1 Å². The molecule has 1 N–H and O–H groups in total. The second kappa shape index (κ2) is 11.3. The molecule has 2 heterocycles. The van der Waals surface area contributed by atoms with E-state index in [0.717, 1.165) is 69.4 Å².